The summed E-state index contributed by atoms with van der Waals surface area (Å²) >= 11 is 6.16. The molecule has 1 N–H and O–H groups in total. The molecule has 0 saturated carbocycles. The lowest BCUT2D eigenvalue weighted by atomic mass is 9.69. The second-order valence-electron chi connectivity index (χ2n) is 7.50. The van der Waals surface area contributed by atoms with Crippen LogP contribution in [0.4, 0.5) is 0 Å². The SMILES string of the molecule is Clc1ccc(C2(CCCNCc3ccccc3)COCc3ccccc32)cc1. The van der Waals surface area contributed by atoms with Crippen molar-refractivity contribution in [1.29, 1.82) is 0 Å². The number of fused-ring (bicyclic) bond motifs is 1. The summed E-state index contributed by atoms with van der Waals surface area (Å²) in [5, 5.41) is 4.35. The van der Waals surface area contributed by atoms with Gasteiger partial charge in [-0.3, -0.25) is 0 Å². The van der Waals surface area contributed by atoms with Crippen molar-refractivity contribution in [2.45, 2.75) is 31.4 Å². The second-order valence-corrected chi connectivity index (χ2v) is 7.94. The van der Waals surface area contributed by atoms with Crippen molar-refractivity contribution in [3.8, 4) is 0 Å². The second kappa shape index (κ2) is 8.91. The molecule has 3 aromatic rings. The van der Waals surface area contributed by atoms with Gasteiger partial charge < -0.3 is 10.1 Å². The van der Waals surface area contributed by atoms with Gasteiger partial charge in [0, 0.05) is 17.0 Å². The van der Waals surface area contributed by atoms with E-state index in [2.05, 4.69) is 72.0 Å². The molecular weight excluding hydrogens is 366 g/mol. The smallest absolute Gasteiger partial charge is 0.0720 e. The van der Waals surface area contributed by atoms with Crippen LogP contribution in [-0.2, 0) is 23.3 Å². The van der Waals surface area contributed by atoms with E-state index in [-0.39, 0.29) is 5.41 Å². The van der Waals surface area contributed by atoms with Crippen LogP contribution in [0.15, 0.2) is 78.9 Å². The highest BCUT2D eigenvalue weighted by molar-refractivity contribution is 6.30. The number of hydrogen-bond donors (Lipinski definition) is 1. The van der Waals surface area contributed by atoms with Crippen molar-refractivity contribution in [2.75, 3.05) is 13.2 Å². The molecule has 2 nitrogen and oxygen atoms in total. The van der Waals surface area contributed by atoms with Crippen LogP contribution in [0.2, 0.25) is 5.02 Å². The maximum Gasteiger partial charge on any atom is 0.0720 e. The van der Waals surface area contributed by atoms with Gasteiger partial charge in [0.15, 0.2) is 0 Å². The molecule has 1 aliphatic heterocycles. The fourth-order valence-corrected chi connectivity index (χ4v) is 4.35. The Morgan fingerprint density at radius 2 is 1.64 bits per heavy atom. The van der Waals surface area contributed by atoms with Crippen LogP contribution in [-0.4, -0.2) is 13.2 Å². The lowest BCUT2D eigenvalue weighted by molar-refractivity contribution is 0.0613. The van der Waals surface area contributed by atoms with Gasteiger partial charge in [-0.2, -0.15) is 0 Å². The molecule has 1 aliphatic rings. The van der Waals surface area contributed by atoms with Crippen LogP contribution in [0.1, 0.15) is 35.1 Å². The Bertz CT molecular complexity index is 894. The quantitative estimate of drug-likeness (QED) is 0.519. The van der Waals surface area contributed by atoms with Gasteiger partial charge in [0.2, 0.25) is 0 Å². The molecule has 0 radical (unpaired) electrons. The van der Waals surface area contributed by atoms with Gasteiger partial charge in [0.25, 0.3) is 0 Å². The summed E-state index contributed by atoms with van der Waals surface area (Å²) in [5.74, 6) is 0. The summed E-state index contributed by atoms with van der Waals surface area (Å²) < 4.78 is 6.07. The molecule has 144 valence electrons. The van der Waals surface area contributed by atoms with Gasteiger partial charge in [-0.25, -0.2) is 0 Å². The Morgan fingerprint density at radius 3 is 2.46 bits per heavy atom. The van der Waals surface area contributed by atoms with E-state index in [0.29, 0.717) is 13.2 Å². The number of nitrogens with one attached hydrogen (secondary N) is 1. The molecule has 3 heteroatoms. The van der Waals surface area contributed by atoms with E-state index >= 15 is 0 Å². The summed E-state index contributed by atoms with van der Waals surface area (Å²) in [6, 6.07) is 27.5. The zero-order valence-corrected chi connectivity index (χ0v) is 16.8. The zero-order chi connectivity index (χ0) is 19.2. The predicted octanol–water partition coefficient (Wildman–Crippen LogP) is 5.73. The standard InChI is InChI=1S/C25H26ClNO/c26-23-13-11-22(12-14-23)25(19-28-18-21-9-4-5-10-24(21)25)15-6-16-27-17-20-7-2-1-3-8-20/h1-5,7-14,27H,6,15-19H2. The van der Waals surface area contributed by atoms with E-state index in [0.717, 1.165) is 31.0 Å². The minimum atomic E-state index is -0.117. The van der Waals surface area contributed by atoms with Crippen molar-refractivity contribution in [3.63, 3.8) is 0 Å². The first-order chi connectivity index (χ1) is 13.8. The highest BCUT2D eigenvalue weighted by atomic mass is 35.5. The Labute approximate surface area is 172 Å². The highest BCUT2D eigenvalue weighted by Gasteiger charge is 2.38. The largest absolute Gasteiger partial charge is 0.375 e. The van der Waals surface area contributed by atoms with Gasteiger partial charge in [0.1, 0.15) is 0 Å². The molecule has 1 heterocycles. The Kier molecular flexibility index (Phi) is 6.11. The van der Waals surface area contributed by atoms with Gasteiger partial charge in [0.05, 0.1) is 13.2 Å². The van der Waals surface area contributed by atoms with Crippen molar-refractivity contribution < 1.29 is 4.74 Å². The molecule has 0 saturated heterocycles. The van der Waals surface area contributed by atoms with Gasteiger partial charge in [-0.05, 0) is 53.8 Å². The summed E-state index contributed by atoms with van der Waals surface area (Å²) in [5.41, 5.74) is 5.18. The van der Waals surface area contributed by atoms with Crippen LogP contribution >= 0.6 is 11.6 Å². The average molecular weight is 392 g/mol. The molecule has 3 aromatic carbocycles. The van der Waals surface area contributed by atoms with Gasteiger partial charge >= 0.3 is 0 Å². The van der Waals surface area contributed by atoms with Crippen molar-refractivity contribution in [1.82, 2.24) is 5.32 Å². The number of ether oxygens (including phenoxy) is 1. The Balaban J connectivity index is 1.51. The normalized spacial score (nSPS) is 18.6. The maximum absolute atomic E-state index is 6.16. The molecule has 0 fully saturated rings. The number of rotatable bonds is 7. The monoisotopic (exact) mass is 391 g/mol. The number of halogens is 1. The van der Waals surface area contributed by atoms with Crippen molar-refractivity contribution in [2.24, 2.45) is 0 Å². The molecule has 0 spiro atoms. The van der Waals surface area contributed by atoms with Crippen LogP contribution in [0.5, 0.6) is 0 Å². The summed E-state index contributed by atoms with van der Waals surface area (Å²) in [6.45, 7) is 3.29. The van der Waals surface area contributed by atoms with Crippen LogP contribution in [0, 0.1) is 0 Å². The lowest BCUT2D eigenvalue weighted by Gasteiger charge is -2.40. The maximum atomic E-state index is 6.16. The molecule has 1 unspecified atom stereocenters. The van der Waals surface area contributed by atoms with Crippen molar-refractivity contribution in [3.05, 3.63) is 106 Å². The van der Waals surface area contributed by atoms with Gasteiger partial charge in [-0.15, -0.1) is 0 Å². The molecule has 0 bridgehead atoms. The van der Waals surface area contributed by atoms with E-state index in [1.807, 2.05) is 12.1 Å². The molecule has 1 atom stereocenters. The highest BCUT2D eigenvalue weighted by Crippen LogP contribution is 2.42. The number of benzene rings is 3. The average Bonchev–Trinajstić information content (AvgIpc) is 2.75. The zero-order valence-electron chi connectivity index (χ0n) is 16.0. The van der Waals surface area contributed by atoms with Crippen LogP contribution in [0.3, 0.4) is 0 Å². The third-order valence-corrected chi connectivity index (χ3v) is 5.92. The number of hydrogen-bond acceptors (Lipinski definition) is 2. The van der Waals surface area contributed by atoms with E-state index < -0.39 is 0 Å². The molecule has 28 heavy (non-hydrogen) atoms. The van der Waals surface area contributed by atoms with E-state index in [4.69, 9.17) is 16.3 Å². The van der Waals surface area contributed by atoms with Gasteiger partial charge in [-0.1, -0.05) is 78.3 Å². The molecule has 0 aromatic heterocycles. The third-order valence-electron chi connectivity index (χ3n) is 5.66. The molecule has 0 amide bonds. The topological polar surface area (TPSA) is 21.3 Å². The van der Waals surface area contributed by atoms with E-state index in [1.165, 1.54) is 22.3 Å². The Morgan fingerprint density at radius 1 is 0.893 bits per heavy atom. The molecule has 4 rings (SSSR count). The first-order valence-corrected chi connectivity index (χ1v) is 10.3. The third kappa shape index (κ3) is 4.15. The lowest BCUT2D eigenvalue weighted by Crippen LogP contribution is -2.38. The first kappa shape index (κ1) is 19.2. The summed E-state index contributed by atoms with van der Waals surface area (Å²) in [6.07, 6.45) is 2.11. The predicted molar refractivity (Wildman–Crippen MR) is 116 cm³/mol. The fourth-order valence-electron chi connectivity index (χ4n) is 4.23. The molecular formula is C25H26ClNO. The molecule has 0 aliphatic carbocycles. The first-order valence-electron chi connectivity index (χ1n) is 9.95. The Hall–Kier alpha value is -2.13. The summed E-state index contributed by atoms with van der Waals surface area (Å²) in [7, 11) is 0. The van der Waals surface area contributed by atoms with Crippen LogP contribution < -0.4 is 5.32 Å². The summed E-state index contributed by atoms with van der Waals surface area (Å²) in [4.78, 5) is 0. The van der Waals surface area contributed by atoms with E-state index in [9.17, 15) is 0 Å². The van der Waals surface area contributed by atoms with E-state index in [1.54, 1.807) is 0 Å². The van der Waals surface area contributed by atoms with Crippen LogP contribution in [0.25, 0.3) is 0 Å². The minimum Gasteiger partial charge on any atom is -0.375 e. The minimum absolute atomic E-state index is 0.117. The fraction of sp³-hybridized carbons (Fsp3) is 0.280. The van der Waals surface area contributed by atoms with Crippen molar-refractivity contribution >= 4 is 11.6 Å².